The van der Waals surface area contributed by atoms with Crippen molar-refractivity contribution in [3.8, 4) is 5.88 Å². The number of aromatic nitrogens is 1. The van der Waals surface area contributed by atoms with Gasteiger partial charge in [0.25, 0.3) is 0 Å². The highest BCUT2D eigenvalue weighted by molar-refractivity contribution is 5.70. The molecule has 104 valence electrons. The molecule has 4 N–H and O–H groups in total. The maximum atomic E-state index is 10.2. The van der Waals surface area contributed by atoms with Crippen LogP contribution in [0.15, 0.2) is 18.3 Å². The molecule has 19 heavy (non-hydrogen) atoms. The van der Waals surface area contributed by atoms with E-state index < -0.39 is 31.2 Å². The largest absolute Gasteiger partial charge is 0.445 e. The molecule has 0 radical (unpaired) electrons. The van der Waals surface area contributed by atoms with Crippen LogP contribution in [0.4, 0.5) is 5.69 Å². The first-order chi connectivity index (χ1) is 9.15. The number of hydrogen-bond acceptors (Lipinski definition) is 7. The lowest BCUT2D eigenvalue weighted by Gasteiger charge is -2.15. The maximum Gasteiger partial charge on any atom is 0.231 e. The summed E-state index contributed by atoms with van der Waals surface area (Å²) in [6.07, 6.45) is -2.60. The van der Waals surface area contributed by atoms with Crippen LogP contribution in [0.2, 0.25) is 0 Å². The van der Waals surface area contributed by atoms with E-state index in [2.05, 4.69) is 10.3 Å². The second-order valence-corrected chi connectivity index (χ2v) is 3.97. The lowest BCUT2D eigenvalue weighted by molar-refractivity contribution is -0.118. The third kappa shape index (κ3) is 2.99. The van der Waals surface area contributed by atoms with Gasteiger partial charge in [-0.25, -0.2) is 4.98 Å². The average molecular weight is 270 g/mol. The van der Waals surface area contributed by atoms with Gasteiger partial charge in [0.15, 0.2) is 0 Å². The van der Waals surface area contributed by atoms with Gasteiger partial charge >= 0.3 is 0 Å². The molecule has 8 heteroatoms. The molecule has 2 rings (SSSR count). The van der Waals surface area contributed by atoms with Gasteiger partial charge < -0.3 is 30.1 Å². The number of ether oxygens (including phenoxy) is 2. The van der Waals surface area contributed by atoms with Crippen LogP contribution in [0.3, 0.4) is 0 Å². The number of carbonyl (C=O) groups is 1. The molecule has 0 aromatic carbocycles. The molecule has 1 aromatic heterocycles. The summed E-state index contributed by atoms with van der Waals surface area (Å²) in [6, 6.07) is 3.03. The van der Waals surface area contributed by atoms with E-state index in [1.807, 2.05) is 0 Å². The third-order valence-corrected chi connectivity index (χ3v) is 2.70. The first kappa shape index (κ1) is 13.7. The fourth-order valence-corrected chi connectivity index (χ4v) is 1.69. The molecule has 1 amide bonds. The molecule has 0 aliphatic carbocycles. The Balaban J connectivity index is 1.99. The van der Waals surface area contributed by atoms with Crippen molar-refractivity contribution < 1.29 is 29.6 Å². The van der Waals surface area contributed by atoms with Crippen LogP contribution in [-0.2, 0) is 9.53 Å². The molecule has 0 unspecified atom stereocenters. The summed E-state index contributed by atoms with van der Waals surface area (Å²) in [5.41, 5.74) is 0.489. The van der Waals surface area contributed by atoms with Crippen molar-refractivity contribution in [2.24, 2.45) is 0 Å². The zero-order valence-corrected chi connectivity index (χ0v) is 9.84. The topological polar surface area (TPSA) is 121 Å². The second kappa shape index (κ2) is 5.93. The van der Waals surface area contributed by atoms with Crippen molar-refractivity contribution in [1.82, 2.24) is 4.98 Å². The number of nitrogens with zero attached hydrogens (tertiary/aromatic N) is 1. The highest BCUT2D eigenvalue weighted by atomic mass is 16.7. The predicted molar refractivity (Wildman–Crippen MR) is 62.3 cm³/mol. The fraction of sp³-hybridized carbons (Fsp3) is 0.455. The molecule has 1 aromatic rings. The summed E-state index contributed by atoms with van der Waals surface area (Å²) < 4.78 is 10.4. The minimum absolute atomic E-state index is 0.159. The molecule has 0 bridgehead atoms. The standard InChI is InChI=1S/C11H14N2O6/c14-4-7-9(16)10(17)11(18-7)19-8-2-1-6(3-12-8)13-5-15/h1-3,5,7,9-11,14,16-17H,4H2,(H,13,15)/t7-,9-,10-,11-/m1/s1. The van der Waals surface area contributed by atoms with E-state index in [0.29, 0.717) is 12.1 Å². The monoisotopic (exact) mass is 270 g/mol. The van der Waals surface area contributed by atoms with E-state index in [9.17, 15) is 15.0 Å². The minimum Gasteiger partial charge on any atom is -0.445 e. The Hall–Kier alpha value is -1.74. The Morgan fingerprint density at radius 3 is 2.74 bits per heavy atom. The summed E-state index contributed by atoms with van der Waals surface area (Å²) in [6.45, 7) is -0.423. The van der Waals surface area contributed by atoms with E-state index in [1.165, 1.54) is 12.3 Å². The summed E-state index contributed by atoms with van der Waals surface area (Å²) >= 11 is 0. The summed E-state index contributed by atoms with van der Waals surface area (Å²) in [4.78, 5) is 14.1. The fourth-order valence-electron chi connectivity index (χ4n) is 1.69. The number of nitrogens with one attached hydrogen (secondary N) is 1. The summed E-state index contributed by atoms with van der Waals surface area (Å²) in [7, 11) is 0. The molecule has 1 aliphatic heterocycles. The quantitative estimate of drug-likeness (QED) is 0.479. The van der Waals surface area contributed by atoms with E-state index in [-0.39, 0.29) is 5.88 Å². The number of pyridine rings is 1. The van der Waals surface area contributed by atoms with Crippen LogP contribution in [-0.4, -0.2) is 57.9 Å². The smallest absolute Gasteiger partial charge is 0.231 e. The summed E-state index contributed by atoms with van der Waals surface area (Å²) in [5, 5.41) is 30.5. The molecule has 0 saturated carbocycles. The van der Waals surface area contributed by atoms with Gasteiger partial charge in [0.2, 0.25) is 18.6 Å². The van der Waals surface area contributed by atoms with Gasteiger partial charge in [-0.2, -0.15) is 0 Å². The molecule has 8 nitrogen and oxygen atoms in total. The van der Waals surface area contributed by atoms with Crippen LogP contribution in [0.25, 0.3) is 0 Å². The molecular formula is C11H14N2O6. The van der Waals surface area contributed by atoms with Gasteiger partial charge in [-0.15, -0.1) is 0 Å². The van der Waals surface area contributed by atoms with Crippen molar-refractivity contribution in [1.29, 1.82) is 0 Å². The second-order valence-electron chi connectivity index (χ2n) is 3.97. The van der Waals surface area contributed by atoms with Gasteiger partial charge in [-0.05, 0) is 6.07 Å². The molecule has 1 saturated heterocycles. The highest BCUT2D eigenvalue weighted by Crippen LogP contribution is 2.23. The SMILES string of the molecule is O=CNc1ccc(O[C@H]2O[C@H](CO)[C@@H](O)[C@H]2O)nc1. The Bertz CT molecular complexity index is 426. The molecule has 4 atom stereocenters. The van der Waals surface area contributed by atoms with Crippen molar-refractivity contribution >= 4 is 12.1 Å². The molecule has 1 fully saturated rings. The van der Waals surface area contributed by atoms with Gasteiger partial charge in [-0.3, -0.25) is 4.79 Å². The van der Waals surface area contributed by atoms with E-state index >= 15 is 0 Å². The number of carbonyl (C=O) groups excluding carboxylic acids is 1. The Labute approximate surface area is 108 Å². The number of aliphatic hydroxyl groups excluding tert-OH is 3. The number of anilines is 1. The van der Waals surface area contributed by atoms with Crippen molar-refractivity contribution in [3.63, 3.8) is 0 Å². The van der Waals surface area contributed by atoms with E-state index in [1.54, 1.807) is 6.07 Å². The van der Waals surface area contributed by atoms with Crippen LogP contribution in [0.5, 0.6) is 5.88 Å². The van der Waals surface area contributed by atoms with E-state index in [4.69, 9.17) is 14.6 Å². The van der Waals surface area contributed by atoms with Crippen LogP contribution >= 0.6 is 0 Å². The van der Waals surface area contributed by atoms with Crippen LogP contribution in [0.1, 0.15) is 0 Å². The van der Waals surface area contributed by atoms with Gasteiger partial charge in [0, 0.05) is 6.07 Å². The zero-order chi connectivity index (χ0) is 13.8. The predicted octanol–water partition coefficient (Wildman–Crippen LogP) is -1.53. The van der Waals surface area contributed by atoms with Crippen molar-refractivity contribution in [3.05, 3.63) is 18.3 Å². The molecule has 1 aliphatic rings. The van der Waals surface area contributed by atoms with Gasteiger partial charge in [0.1, 0.15) is 18.3 Å². The van der Waals surface area contributed by atoms with Crippen molar-refractivity contribution in [2.45, 2.75) is 24.6 Å². The molecule has 0 spiro atoms. The number of rotatable bonds is 5. The lowest BCUT2D eigenvalue weighted by Crippen LogP contribution is -2.35. The van der Waals surface area contributed by atoms with Crippen molar-refractivity contribution in [2.75, 3.05) is 11.9 Å². The number of hydrogen-bond donors (Lipinski definition) is 4. The lowest BCUT2D eigenvalue weighted by atomic mass is 10.1. The normalized spacial score (nSPS) is 30.1. The van der Waals surface area contributed by atoms with Gasteiger partial charge in [-0.1, -0.05) is 0 Å². The summed E-state index contributed by atoms with van der Waals surface area (Å²) in [5.74, 6) is 0.159. The van der Waals surface area contributed by atoms with Gasteiger partial charge in [0.05, 0.1) is 18.5 Å². The van der Waals surface area contributed by atoms with E-state index in [0.717, 1.165) is 0 Å². The minimum atomic E-state index is -1.27. The first-order valence-corrected chi connectivity index (χ1v) is 5.61. The highest BCUT2D eigenvalue weighted by Gasteiger charge is 2.44. The molecule has 2 heterocycles. The Kier molecular flexibility index (Phi) is 4.27. The van der Waals surface area contributed by atoms with Crippen LogP contribution < -0.4 is 10.1 Å². The number of amides is 1. The zero-order valence-electron chi connectivity index (χ0n) is 9.84. The Morgan fingerprint density at radius 1 is 1.42 bits per heavy atom. The average Bonchev–Trinajstić information content (AvgIpc) is 2.69. The maximum absolute atomic E-state index is 10.2. The van der Waals surface area contributed by atoms with Crippen LogP contribution in [0, 0.1) is 0 Å². The first-order valence-electron chi connectivity index (χ1n) is 5.61. The Morgan fingerprint density at radius 2 is 2.21 bits per heavy atom. The third-order valence-electron chi connectivity index (χ3n) is 2.70. The molecular weight excluding hydrogens is 256 g/mol. The number of aliphatic hydroxyl groups is 3.